The van der Waals surface area contributed by atoms with Crippen LogP contribution in [0.1, 0.15) is 5.56 Å². The van der Waals surface area contributed by atoms with E-state index in [4.69, 9.17) is 10.00 Å². The minimum atomic E-state index is -0.858. The number of carbonyl (C=O) groups excluding carboxylic acids is 1. The number of hydrogen-bond acceptors (Lipinski definition) is 5. The Bertz CT molecular complexity index is 731. The number of rotatable bonds is 4. The first-order valence-electron chi connectivity index (χ1n) is 5.58. The molecule has 0 aliphatic rings. The lowest BCUT2D eigenvalue weighted by atomic mass is 10.2. The molecule has 1 aromatic rings. The molecule has 0 radical (unpaired) electrons. The fourth-order valence-corrected chi connectivity index (χ4v) is 1.44. The zero-order valence-electron chi connectivity index (χ0n) is 11.1. The Labute approximate surface area is 114 Å². The van der Waals surface area contributed by atoms with Crippen molar-refractivity contribution in [2.75, 3.05) is 6.61 Å². The first-order chi connectivity index (χ1) is 9.42. The molecule has 0 aromatic carbocycles. The van der Waals surface area contributed by atoms with Gasteiger partial charge in [0.25, 0.3) is 5.56 Å². The highest BCUT2D eigenvalue weighted by Gasteiger charge is 2.12. The summed E-state index contributed by atoms with van der Waals surface area (Å²) in [6.07, 6.45) is 3.70. The predicted molar refractivity (Wildman–Crippen MR) is 71.7 cm³/mol. The molecule has 20 heavy (non-hydrogen) atoms. The molecule has 7 nitrogen and oxygen atoms in total. The van der Waals surface area contributed by atoms with Crippen molar-refractivity contribution in [2.24, 2.45) is 14.1 Å². The van der Waals surface area contributed by atoms with Gasteiger partial charge in [-0.2, -0.15) is 5.26 Å². The number of ether oxygens (including phenoxy) is 1. The summed E-state index contributed by atoms with van der Waals surface area (Å²) in [6, 6.07) is 1.66. The third-order valence-electron chi connectivity index (χ3n) is 2.45. The summed E-state index contributed by atoms with van der Waals surface area (Å²) in [7, 11) is 2.77. The van der Waals surface area contributed by atoms with Crippen LogP contribution in [0.3, 0.4) is 0 Å². The number of aromatic nitrogens is 2. The Kier molecular flexibility index (Phi) is 4.81. The van der Waals surface area contributed by atoms with E-state index in [0.29, 0.717) is 0 Å². The van der Waals surface area contributed by atoms with Gasteiger partial charge in [-0.15, -0.1) is 0 Å². The van der Waals surface area contributed by atoms with E-state index < -0.39 is 17.2 Å². The van der Waals surface area contributed by atoms with Crippen molar-refractivity contribution >= 4 is 12.0 Å². The van der Waals surface area contributed by atoms with Gasteiger partial charge in [0.05, 0.1) is 5.56 Å². The first kappa shape index (κ1) is 15.2. The first-order valence-corrected chi connectivity index (χ1v) is 5.58. The maximum Gasteiger partial charge on any atom is 0.349 e. The van der Waals surface area contributed by atoms with Crippen LogP contribution >= 0.6 is 0 Å². The molecule has 0 aliphatic heterocycles. The van der Waals surface area contributed by atoms with Crippen LogP contribution in [-0.4, -0.2) is 21.7 Å². The molecule has 0 N–H and O–H groups in total. The SMILES string of the molecule is C=CCOC(=O)/C(C#N)=C/c1cn(C)c(=O)n(C)c1=O. The quantitative estimate of drug-likeness (QED) is 0.326. The Morgan fingerprint density at radius 1 is 1.50 bits per heavy atom. The highest BCUT2D eigenvalue weighted by Crippen LogP contribution is 2.03. The van der Waals surface area contributed by atoms with Crippen LogP contribution in [0.25, 0.3) is 6.08 Å². The van der Waals surface area contributed by atoms with Gasteiger partial charge in [0.2, 0.25) is 0 Å². The highest BCUT2D eigenvalue weighted by atomic mass is 16.5. The van der Waals surface area contributed by atoms with Crippen LogP contribution in [0.2, 0.25) is 0 Å². The minimum absolute atomic E-state index is 0.0386. The maximum absolute atomic E-state index is 11.9. The van der Waals surface area contributed by atoms with Crippen molar-refractivity contribution in [1.82, 2.24) is 9.13 Å². The summed E-state index contributed by atoms with van der Waals surface area (Å²) in [4.78, 5) is 34.9. The van der Waals surface area contributed by atoms with Crippen molar-refractivity contribution in [3.8, 4) is 6.07 Å². The summed E-state index contributed by atoms with van der Waals surface area (Å²) in [5.74, 6) is -0.858. The van der Waals surface area contributed by atoms with E-state index in [1.807, 2.05) is 0 Å². The van der Waals surface area contributed by atoms with Crippen LogP contribution in [0.4, 0.5) is 0 Å². The molecule has 104 valence electrons. The molecule has 0 aliphatic carbocycles. The van der Waals surface area contributed by atoms with E-state index in [1.54, 1.807) is 6.07 Å². The summed E-state index contributed by atoms with van der Waals surface area (Å²) >= 11 is 0. The molecular weight excluding hydrogens is 262 g/mol. The average Bonchev–Trinajstić information content (AvgIpc) is 2.44. The van der Waals surface area contributed by atoms with E-state index in [2.05, 4.69) is 6.58 Å². The standard InChI is InChI=1S/C13H13N3O4/c1-4-5-20-12(18)9(7-14)6-10-8-15(2)13(19)16(3)11(10)17/h4,6,8H,1,5H2,2-3H3/b9-6+. The smallest absolute Gasteiger partial charge is 0.349 e. The number of esters is 1. The van der Waals surface area contributed by atoms with E-state index in [1.165, 1.54) is 30.9 Å². The van der Waals surface area contributed by atoms with E-state index in [-0.39, 0.29) is 17.7 Å². The van der Waals surface area contributed by atoms with E-state index >= 15 is 0 Å². The van der Waals surface area contributed by atoms with Crippen molar-refractivity contribution in [3.05, 3.63) is 50.8 Å². The molecule has 0 saturated heterocycles. The van der Waals surface area contributed by atoms with Gasteiger partial charge in [0.15, 0.2) is 0 Å². The van der Waals surface area contributed by atoms with Gasteiger partial charge >= 0.3 is 11.7 Å². The van der Waals surface area contributed by atoms with Gasteiger partial charge in [-0.25, -0.2) is 9.59 Å². The molecule has 1 heterocycles. The zero-order chi connectivity index (χ0) is 15.3. The molecule has 0 spiro atoms. The number of hydrogen-bond donors (Lipinski definition) is 0. The van der Waals surface area contributed by atoms with Crippen LogP contribution < -0.4 is 11.2 Å². The van der Waals surface area contributed by atoms with Gasteiger partial charge < -0.3 is 9.30 Å². The summed E-state index contributed by atoms with van der Waals surface area (Å²) in [5.41, 5.74) is -1.39. The molecule has 1 rings (SSSR count). The van der Waals surface area contributed by atoms with Gasteiger partial charge in [-0.3, -0.25) is 9.36 Å². The maximum atomic E-state index is 11.9. The second kappa shape index (κ2) is 6.33. The molecule has 0 unspecified atom stereocenters. The zero-order valence-corrected chi connectivity index (χ0v) is 11.1. The molecule has 0 fully saturated rings. The Morgan fingerprint density at radius 3 is 2.70 bits per heavy atom. The summed E-state index contributed by atoms with van der Waals surface area (Å²) in [5, 5.41) is 8.92. The lowest BCUT2D eigenvalue weighted by Crippen LogP contribution is -2.37. The third-order valence-corrected chi connectivity index (χ3v) is 2.45. The van der Waals surface area contributed by atoms with Gasteiger partial charge in [0.1, 0.15) is 18.2 Å². The largest absolute Gasteiger partial charge is 0.457 e. The average molecular weight is 275 g/mol. The minimum Gasteiger partial charge on any atom is -0.457 e. The summed E-state index contributed by atoms with van der Waals surface area (Å²) in [6.45, 7) is 3.34. The summed E-state index contributed by atoms with van der Waals surface area (Å²) < 4.78 is 6.78. The lowest BCUT2D eigenvalue weighted by molar-refractivity contribution is -0.137. The van der Waals surface area contributed by atoms with Crippen LogP contribution in [0.15, 0.2) is 34.0 Å². The number of nitriles is 1. The molecule has 0 saturated carbocycles. The Hall–Kier alpha value is -2.88. The molecule has 0 amide bonds. The normalized spacial score (nSPS) is 10.8. The molecule has 7 heteroatoms. The van der Waals surface area contributed by atoms with Crippen LogP contribution in [-0.2, 0) is 23.6 Å². The fourth-order valence-electron chi connectivity index (χ4n) is 1.44. The van der Waals surface area contributed by atoms with Gasteiger partial charge in [-0.05, 0) is 6.08 Å². The molecule has 0 atom stereocenters. The Balaban J connectivity index is 3.32. The highest BCUT2D eigenvalue weighted by molar-refractivity contribution is 5.97. The third kappa shape index (κ3) is 3.11. The van der Waals surface area contributed by atoms with Crippen molar-refractivity contribution in [2.45, 2.75) is 0 Å². The van der Waals surface area contributed by atoms with Crippen molar-refractivity contribution in [1.29, 1.82) is 5.26 Å². The number of aryl methyl sites for hydroxylation is 1. The van der Waals surface area contributed by atoms with Crippen molar-refractivity contribution < 1.29 is 9.53 Å². The second-order valence-corrected chi connectivity index (χ2v) is 3.90. The number of carbonyl (C=O) groups is 1. The number of nitrogens with zero attached hydrogens (tertiary/aromatic N) is 3. The monoisotopic (exact) mass is 275 g/mol. The van der Waals surface area contributed by atoms with Crippen molar-refractivity contribution in [3.63, 3.8) is 0 Å². The second-order valence-electron chi connectivity index (χ2n) is 3.90. The van der Waals surface area contributed by atoms with Gasteiger partial charge in [-0.1, -0.05) is 12.7 Å². The van der Waals surface area contributed by atoms with E-state index in [9.17, 15) is 14.4 Å². The molecular formula is C13H13N3O4. The molecule has 1 aromatic heterocycles. The predicted octanol–water partition coefficient (Wildman–Crippen LogP) is -0.280. The fraction of sp³-hybridized carbons (Fsp3) is 0.231. The van der Waals surface area contributed by atoms with E-state index in [0.717, 1.165) is 10.6 Å². The van der Waals surface area contributed by atoms with Crippen LogP contribution in [0, 0.1) is 11.3 Å². The Morgan fingerprint density at radius 2 is 2.15 bits per heavy atom. The lowest BCUT2D eigenvalue weighted by Gasteiger charge is -2.04. The molecule has 0 bridgehead atoms. The topological polar surface area (TPSA) is 94.1 Å². The van der Waals surface area contributed by atoms with Crippen LogP contribution in [0.5, 0.6) is 0 Å². The van der Waals surface area contributed by atoms with Gasteiger partial charge in [0, 0.05) is 20.3 Å².